The van der Waals surface area contributed by atoms with Crippen LogP contribution in [-0.2, 0) is 21.4 Å². The second-order valence-corrected chi connectivity index (χ2v) is 9.89. The van der Waals surface area contributed by atoms with Crippen LogP contribution >= 0.6 is 11.6 Å². The van der Waals surface area contributed by atoms with Crippen molar-refractivity contribution in [1.82, 2.24) is 9.21 Å². The molecule has 0 radical (unpaired) electrons. The summed E-state index contributed by atoms with van der Waals surface area (Å²) in [7, 11) is 1.06. The van der Waals surface area contributed by atoms with E-state index in [1.807, 2.05) is 24.3 Å². The SMILES string of the molecule is COc1ccc(CN(C)C(=O)[C@@H]2CCCN(S(=O)(=O)c3ccc(OC)c(Cl)c3)C2)cc1. The minimum absolute atomic E-state index is 0.0662. The van der Waals surface area contributed by atoms with Gasteiger partial charge in [0.15, 0.2) is 0 Å². The van der Waals surface area contributed by atoms with Gasteiger partial charge in [0.2, 0.25) is 15.9 Å². The molecule has 7 nitrogen and oxygen atoms in total. The van der Waals surface area contributed by atoms with Crippen molar-refractivity contribution in [3.8, 4) is 11.5 Å². The topological polar surface area (TPSA) is 76.2 Å². The first kappa shape index (κ1) is 23.4. The molecule has 9 heteroatoms. The van der Waals surface area contributed by atoms with Gasteiger partial charge in [0.25, 0.3) is 0 Å². The molecule has 2 aromatic rings. The van der Waals surface area contributed by atoms with Crippen molar-refractivity contribution in [2.75, 3.05) is 34.4 Å². The third-order valence-electron chi connectivity index (χ3n) is 5.45. The Hall–Kier alpha value is -2.29. The molecule has 0 N–H and O–H groups in total. The number of hydrogen-bond acceptors (Lipinski definition) is 5. The van der Waals surface area contributed by atoms with E-state index in [0.717, 1.165) is 11.3 Å². The fourth-order valence-electron chi connectivity index (χ4n) is 3.71. The lowest BCUT2D eigenvalue weighted by Gasteiger charge is -2.33. The number of rotatable bonds is 7. The molecule has 1 aliphatic rings. The third kappa shape index (κ3) is 5.31. The summed E-state index contributed by atoms with van der Waals surface area (Å²) in [4.78, 5) is 14.8. The van der Waals surface area contributed by atoms with Gasteiger partial charge in [-0.25, -0.2) is 8.42 Å². The smallest absolute Gasteiger partial charge is 0.243 e. The van der Waals surface area contributed by atoms with Crippen molar-refractivity contribution in [3.63, 3.8) is 0 Å². The largest absolute Gasteiger partial charge is 0.497 e. The molecule has 1 amide bonds. The Kier molecular flexibility index (Phi) is 7.46. The van der Waals surface area contributed by atoms with E-state index < -0.39 is 10.0 Å². The maximum atomic E-state index is 13.1. The van der Waals surface area contributed by atoms with Gasteiger partial charge in [-0.1, -0.05) is 23.7 Å². The van der Waals surface area contributed by atoms with E-state index in [-0.39, 0.29) is 28.3 Å². The zero-order valence-electron chi connectivity index (χ0n) is 17.9. The first-order chi connectivity index (χ1) is 14.8. The lowest BCUT2D eigenvalue weighted by molar-refractivity contribution is -0.135. The van der Waals surface area contributed by atoms with E-state index >= 15 is 0 Å². The molecule has 1 fully saturated rings. The average molecular weight is 467 g/mol. The summed E-state index contributed by atoms with van der Waals surface area (Å²) in [5.41, 5.74) is 0.977. The molecule has 168 valence electrons. The average Bonchev–Trinajstić information content (AvgIpc) is 2.79. The highest BCUT2D eigenvalue weighted by atomic mass is 35.5. The summed E-state index contributed by atoms with van der Waals surface area (Å²) in [6.45, 7) is 0.968. The molecule has 1 heterocycles. The van der Waals surface area contributed by atoms with Gasteiger partial charge in [0, 0.05) is 26.7 Å². The van der Waals surface area contributed by atoms with Crippen LogP contribution in [0.4, 0.5) is 0 Å². The van der Waals surface area contributed by atoms with Crippen LogP contribution in [0.3, 0.4) is 0 Å². The van der Waals surface area contributed by atoms with Crippen LogP contribution in [0.1, 0.15) is 18.4 Å². The third-order valence-corrected chi connectivity index (χ3v) is 7.61. The van der Waals surface area contributed by atoms with Crippen molar-refractivity contribution in [1.29, 1.82) is 0 Å². The van der Waals surface area contributed by atoms with Crippen LogP contribution in [0, 0.1) is 5.92 Å². The van der Waals surface area contributed by atoms with Crippen LogP contribution in [-0.4, -0.2) is 57.9 Å². The van der Waals surface area contributed by atoms with Gasteiger partial charge in [-0.15, -0.1) is 0 Å². The number of halogens is 1. The number of amides is 1. The van der Waals surface area contributed by atoms with Gasteiger partial charge in [-0.3, -0.25) is 4.79 Å². The van der Waals surface area contributed by atoms with E-state index in [0.29, 0.717) is 31.7 Å². The van der Waals surface area contributed by atoms with Crippen molar-refractivity contribution < 1.29 is 22.7 Å². The molecule has 31 heavy (non-hydrogen) atoms. The molecule has 1 saturated heterocycles. The van der Waals surface area contributed by atoms with Crippen molar-refractivity contribution in [2.45, 2.75) is 24.3 Å². The quantitative estimate of drug-likeness (QED) is 0.625. The summed E-state index contributed by atoms with van der Waals surface area (Å²) in [6.07, 6.45) is 1.27. The fraction of sp³-hybridized carbons (Fsp3) is 0.409. The number of sulfonamides is 1. The van der Waals surface area contributed by atoms with Gasteiger partial charge in [-0.05, 0) is 48.7 Å². The van der Waals surface area contributed by atoms with E-state index in [4.69, 9.17) is 21.1 Å². The van der Waals surface area contributed by atoms with Gasteiger partial charge in [0.1, 0.15) is 11.5 Å². The summed E-state index contributed by atoms with van der Waals surface area (Å²) >= 11 is 6.11. The maximum absolute atomic E-state index is 13.1. The summed E-state index contributed by atoms with van der Waals surface area (Å²) < 4.78 is 37.9. The maximum Gasteiger partial charge on any atom is 0.243 e. The number of ether oxygens (including phenoxy) is 2. The second-order valence-electron chi connectivity index (χ2n) is 7.54. The Morgan fingerprint density at radius 2 is 1.87 bits per heavy atom. The second kappa shape index (κ2) is 9.89. The number of methoxy groups -OCH3 is 2. The molecular weight excluding hydrogens is 440 g/mol. The number of hydrogen-bond donors (Lipinski definition) is 0. The number of benzene rings is 2. The molecule has 0 saturated carbocycles. The molecular formula is C22H27ClN2O5S. The Labute approximate surface area is 188 Å². The Bertz CT molecular complexity index is 1030. The Morgan fingerprint density at radius 3 is 2.48 bits per heavy atom. The monoisotopic (exact) mass is 466 g/mol. The molecule has 0 aliphatic carbocycles. The van der Waals surface area contributed by atoms with Gasteiger partial charge >= 0.3 is 0 Å². The number of carbonyl (C=O) groups excluding carboxylic acids is 1. The first-order valence-corrected chi connectivity index (χ1v) is 11.8. The molecule has 3 rings (SSSR count). The molecule has 0 aromatic heterocycles. The number of nitrogens with zero attached hydrogens (tertiary/aromatic N) is 2. The van der Waals surface area contributed by atoms with E-state index in [2.05, 4.69) is 0 Å². The van der Waals surface area contributed by atoms with Gasteiger partial charge in [-0.2, -0.15) is 4.31 Å². The van der Waals surface area contributed by atoms with Gasteiger partial charge < -0.3 is 14.4 Å². The highest BCUT2D eigenvalue weighted by Crippen LogP contribution is 2.30. The van der Waals surface area contributed by atoms with Crippen LogP contribution in [0.2, 0.25) is 5.02 Å². The van der Waals surface area contributed by atoms with Crippen LogP contribution in [0.15, 0.2) is 47.4 Å². The highest BCUT2D eigenvalue weighted by molar-refractivity contribution is 7.89. The van der Waals surface area contributed by atoms with E-state index in [1.165, 1.54) is 29.6 Å². The van der Waals surface area contributed by atoms with E-state index in [1.54, 1.807) is 19.1 Å². The van der Waals surface area contributed by atoms with Crippen molar-refractivity contribution in [3.05, 3.63) is 53.1 Å². The molecule has 2 aromatic carbocycles. The minimum Gasteiger partial charge on any atom is -0.497 e. The summed E-state index contributed by atoms with van der Waals surface area (Å²) in [5, 5.41) is 0.229. The first-order valence-electron chi connectivity index (χ1n) is 9.98. The predicted molar refractivity (Wildman–Crippen MR) is 119 cm³/mol. The lowest BCUT2D eigenvalue weighted by Crippen LogP contribution is -2.45. The fourth-order valence-corrected chi connectivity index (χ4v) is 5.59. The summed E-state index contributed by atoms with van der Waals surface area (Å²) in [6, 6.07) is 11.9. The molecule has 0 unspecified atom stereocenters. The minimum atomic E-state index is -3.76. The van der Waals surface area contributed by atoms with Crippen molar-refractivity contribution in [2.24, 2.45) is 5.92 Å². The van der Waals surface area contributed by atoms with Gasteiger partial charge in [0.05, 0.1) is 30.1 Å². The van der Waals surface area contributed by atoms with Crippen LogP contribution in [0.25, 0.3) is 0 Å². The van der Waals surface area contributed by atoms with Crippen LogP contribution in [0.5, 0.6) is 11.5 Å². The van der Waals surface area contributed by atoms with Crippen LogP contribution < -0.4 is 9.47 Å². The standard InChI is InChI=1S/C22H27ClN2O5S/c1-24(14-16-6-8-18(29-2)9-7-16)22(26)17-5-4-12-25(15-17)31(27,28)19-10-11-21(30-3)20(23)13-19/h6-11,13,17H,4-5,12,14-15H2,1-3H3/t17-/m1/s1. The zero-order valence-corrected chi connectivity index (χ0v) is 19.4. The number of carbonyl (C=O) groups is 1. The highest BCUT2D eigenvalue weighted by Gasteiger charge is 2.34. The Balaban J connectivity index is 1.69. The lowest BCUT2D eigenvalue weighted by atomic mass is 9.98. The van der Waals surface area contributed by atoms with Crippen molar-refractivity contribution >= 4 is 27.5 Å². The zero-order chi connectivity index (χ0) is 22.6. The molecule has 0 spiro atoms. The number of piperidine rings is 1. The molecule has 1 aliphatic heterocycles. The normalized spacial score (nSPS) is 17.2. The van der Waals surface area contributed by atoms with E-state index in [9.17, 15) is 13.2 Å². The predicted octanol–water partition coefficient (Wildman–Crippen LogP) is 3.42. The molecule has 0 bridgehead atoms. The summed E-state index contributed by atoms with van der Waals surface area (Å²) in [5.74, 6) is 0.709. The molecule has 1 atom stereocenters. The Morgan fingerprint density at radius 1 is 1.16 bits per heavy atom.